The summed E-state index contributed by atoms with van der Waals surface area (Å²) in [6.45, 7) is 4.07. The van der Waals surface area contributed by atoms with Gasteiger partial charge in [0.15, 0.2) is 13.2 Å². The normalized spacial score (nSPS) is 11.0. The summed E-state index contributed by atoms with van der Waals surface area (Å²) in [6, 6.07) is 9.50. The van der Waals surface area contributed by atoms with E-state index in [4.69, 9.17) is 55.9 Å². The third kappa shape index (κ3) is 9.03. The van der Waals surface area contributed by atoms with Gasteiger partial charge in [-0.15, -0.1) is 0 Å². The van der Waals surface area contributed by atoms with E-state index in [1.807, 2.05) is 13.8 Å². The van der Waals surface area contributed by atoms with Gasteiger partial charge in [-0.3, -0.25) is 9.59 Å². The molecule has 0 aliphatic carbocycles. The molecule has 2 N–H and O–H groups in total. The van der Waals surface area contributed by atoms with Crippen molar-refractivity contribution in [1.82, 2.24) is 10.6 Å². The molecule has 0 heterocycles. The Morgan fingerprint density at radius 3 is 1.52 bits per heavy atom. The van der Waals surface area contributed by atoms with E-state index in [1.54, 1.807) is 24.3 Å². The van der Waals surface area contributed by atoms with Crippen LogP contribution in [0.2, 0.25) is 20.1 Å². The molecule has 0 unspecified atom stereocenters. The lowest BCUT2D eigenvalue weighted by atomic mass is 9.93. The predicted octanol–water partition coefficient (Wildman–Crippen LogP) is 5.02. The zero-order valence-corrected chi connectivity index (χ0v) is 20.0. The van der Waals surface area contributed by atoms with Crippen molar-refractivity contribution in [3.63, 3.8) is 0 Å². The maximum Gasteiger partial charge on any atom is 0.257 e. The lowest BCUT2D eigenvalue weighted by molar-refractivity contribution is -0.123. The SMILES string of the molecule is CC(C)(CNC(=O)COc1ccc(Cl)cc1Cl)CNC(=O)COc1ccc(Cl)cc1Cl. The molecular weight excluding hydrogens is 486 g/mol. The molecule has 0 aliphatic heterocycles. The smallest absolute Gasteiger partial charge is 0.257 e. The lowest BCUT2D eigenvalue weighted by Gasteiger charge is -2.25. The highest BCUT2D eigenvalue weighted by molar-refractivity contribution is 6.36. The highest BCUT2D eigenvalue weighted by Crippen LogP contribution is 2.28. The number of benzene rings is 2. The summed E-state index contributed by atoms with van der Waals surface area (Å²) in [5, 5.41) is 7.15. The Morgan fingerprint density at radius 2 is 1.16 bits per heavy atom. The first-order valence-corrected chi connectivity index (χ1v) is 10.8. The van der Waals surface area contributed by atoms with Crippen LogP contribution in [0.4, 0.5) is 0 Å². The quantitative estimate of drug-likeness (QED) is 0.473. The number of hydrogen-bond donors (Lipinski definition) is 2. The van der Waals surface area contributed by atoms with Crippen LogP contribution in [0, 0.1) is 5.41 Å². The van der Waals surface area contributed by atoms with E-state index in [0.29, 0.717) is 44.7 Å². The van der Waals surface area contributed by atoms with Crippen molar-refractivity contribution in [2.75, 3.05) is 26.3 Å². The van der Waals surface area contributed by atoms with Crippen LogP contribution in [0.5, 0.6) is 11.5 Å². The van der Waals surface area contributed by atoms with Gasteiger partial charge in [0.05, 0.1) is 10.0 Å². The minimum atomic E-state index is -0.402. The molecule has 0 radical (unpaired) electrons. The molecule has 0 atom stereocenters. The molecule has 2 aromatic carbocycles. The number of carbonyl (C=O) groups excluding carboxylic acids is 2. The molecule has 0 saturated carbocycles. The summed E-state index contributed by atoms with van der Waals surface area (Å²) in [5.74, 6) is 0.110. The first kappa shape index (κ1) is 25.4. The van der Waals surface area contributed by atoms with Gasteiger partial charge >= 0.3 is 0 Å². The minimum absolute atomic E-state index is 0.195. The molecule has 0 saturated heterocycles. The molecule has 0 fully saturated rings. The average Bonchev–Trinajstić information content (AvgIpc) is 2.69. The van der Waals surface area contributed by atoms with Crippen molar-refractivity contribution >= 4 is 58.2 Å². The molecule has 0 aliphatic rings. The van der Waals surface area contributed by atoms with Gasteiger partial charge in [-0.25, -0.2) is 0 Å². The maximum absolute atomic E-state index is 12.1. The molecular formula is C21H22Cl4N2O4. The van der Waals surface area contributed by atoms with Crippen LogP contribution in [0.15, 0.2) is 36.4 Å². The Balaban J connectivity index is 1.70. The van der Waals surface area contributed by atoms with Crippen LogP contribution in [0.25, 0.3) is 0 Å². The van der Waals surface area contributed by atoms with Crippen molar-refractivity contribution in [1.29, 1.82) is 0 Å². The van der Waals surface area contributed by atoms with E-state index >= 15 is 0 Å². The average molecular weight is 508 g/mol. The van der Waals surface area contributed by atoms with Gasteiger partial charge in [0, 0.05) is 23.1 Å². The standard InChI is InChI=1S/C21H22Cl4N2O4/c1-21(2,11-26-19(28)9-30-17-5-3-13(22)7-15(17)24)12-27-20(29)10-31-18-6-4-14(23)8-16(18)25/h3-8H,9-12H2,1-2H3,(H,26,28)(H,27,29). The van der Waals surface area contributed by atoms with Gasteiger partial charge < -0.3 is 20.1 Å². The number of carbonyl (C=O) groups is 2. The van der Waals surface area contributed by atoms with Gasteiger partial charge in [0.1, 0.15) is 11.5 Å². The Morgan fingerprint density at radius 1 is 0.774 bits per heavy atom. The molecule has 2 amide bonds. The number of hydrogen-bond acceptors (Lipinski definition) is 4. The zero-order valence-electron chi connectivity index (χ0n) is 16.9. The van der Waals surface area contributed by atoms with Gasteiger partial charge in [0.25, 0.3) is 11.8 Å². The van der Waals surface area contributed by atoms with Crippen LogP contribution in [-0.2, 0) is 9.59 Å². The van der Waals surface area contributed by atoms with Gasteiger partial charge in [-0.1, -0.05) is 60.3 Å². The van der Waals surface area contributed by atoms with E-state index in [2.05, 4.69) is 10.6 Å². The molecule has 6 nitrogen and oxygen atoms in total. The first-order valence-electron chi connectivity index (χ1n) is 9.25. The Labute approximate surface area is 201 Å². The number of halogens is 4. The number of nitrogens with one attached hydrogen (secondary N) is 2. The highest BCUT2D eigenvalue weighted by Gasteiger charge is 2.20. The molecule has 2 rings (SSSR count). The van der Waals surface area contributed by atoms with Crippen LogP contribution in [-0.4, -0.2) is 38.1 Å². The van der Waals surface area contributed by atoms with Gasteiger partial charge in [0.2, 0.25) is 0 Å². The van der Waals surface area contributed by atoms with Crippen molar-refractivity contribution < 1.29 is 19.1 Å². The topological polar surface area (TPSA) is 76.7 Å². The molecule has 0 bridgehead atoms. The van der Waals surface area contributed by atoms with Crippen LogP contribution < -0.4 is 20.1 Å². The predicted molar refractivity (Wildman–Crippen MR) is 124 cm³/mol. The molecule has 168 valence electrons. The van der Waals surface area contributed by atoms with E-state index in [9.17, 15) is 9.59 Å². The van der Waals surface area contributed by atoms with Crippen LogP contribution in [0.1, 0.15) is 13.8 Å². The molecule has 2 aromatic rings. The second kappa shape index (κ2) is 11.7. The van der Waals surface area contributed by atoms with Crippen LogP contribution >= 0.6 is 46.4 Å². The first-order chi connectivity index (χ1) is 14.6. The summed E-state index contributed by atoms with van der Waals surface area (Å²) in [5.41, 5.74) is -0.402. The van der Waals surface area contributed by atoms with Crippen molar-refractivity contribution in [2.24, 2.45) is 5.41 Å². The molecule has 31 heavy (non-hydrogen) atoms. The van der Waals surface area contributed by atoms with E-state index in [1.165, 1.54) is 12.1 Å². The van der Waals surface area contributed by atoms with Crippen LogP contribution in [0.3, 0.4) is 0 Å². The Kier molecular flexibility index (Phi) is 9.56. The van der Waals surface area contributed by atoms with E-state index < -0.39 is 5.41 Å². The van der Waals surface area contributed by atoms with Crippen molar-refractivity contribution in [3.8, 4) is 11.5 Å². The number of rotatable bonds is 10. The largest absolute Gasteiger partial charge is 0.482 e. The Hall–Kier alpha value is -1.86. The van der Waals surface area contributed by atoms with E-state index in [-0.39, 0.29) is 25.0 Å². The Bertz CT molecular complexity index is 864. The fourth-order valence-corrected chi connectivity index (χ4v) is 3.24. The summed E-state index contributed by atoms with van der Waals surface area (Å²) in [4.78, 5) is 24.1. The van der Waals surface area contributed by atoms with Crippen molar-refractivity contribution in [2.45, 2.75) is 13.8 Å². The van der Waals surface area contributed by atoms with Gasteiger partial charge in [-0.05, 0) is 41.8 Å². The number of amides is 2. The fourth-order valence-electron chi connectivity index (χ4n) is 2.31. The molecule has 0 aromatic heterocycles. The summed E-state index contributed by atoms with van der Waals surface area (Å²) >= 11 is 23.7. The number of ether oxygens (including phenoxy) is 2. The lowest BCUT2D eigenvalue weighted by Crippen LogP contribution is -2.44. The van der Waals surface area contributed by atoms with Crippen molar-refractivity contribution in [3.05, 3.63) is 56.5 Å². The fraction of sp³-hybridized carbons (Fsp3) is 0.333. The van der Waals surface area contributed by atoms with Gasteiger partial charge in [-0.2, -0.15) is 0 Å². The third-order valence-corrected chi connectivity index (χ3v) is 5.09. The second-order valence-electron chi connectivity index (χ2n) is 7.44. The summed E-state index contributed by atoms with van der Waals surface area (Å²) in [6.07, 6.45) is 0. The molecule has 10 heteroatoms. The monoisotopic (exact) mass is 506 g/mol. The summed E-state index contributed by atoms with van der Waals surface area (Å²) in [7, 11) is 0. The maximum atomic E-state index is 12.1. The minimum Gasteiger partial charge on any atom is -0.482 e. The van der Waals surface area contributed by atoms with E-state index in [0.717, 1.165) is 0 Å². The highest BCUT2D eigenvalue weighted by atomic mass is 35.5. The second-order valence-corrected chi connectivity index (χ2v) is 9.13. The zero-order chi connectivity index (χ0) is 23.0. The molecule has 0 spiro atoms. The third-order valence-electron chi connectivity index (χ3n) is 4.03. The summed E-state index contributed by atoms with van der Waals surface area (Å²) < 4.78 is 10.8.